The Morgan fingerprint density at radius 3 is 2.88 bits per heavy atom. The molecule has 0 radical (unpaired) electrons. The van der Waals surface area contributed by atoms with Gasteiger partial charge in [-0.3, -0.25) is 4.79 Å². The minimum absolute atomic E-state index is 0.196. The van der Waals surface area contributed by atoms with Gasteiger partial charge in [-0.1, -0.05) is 6.07 Å². The number of rotatable bonds is 5. The normalized spacial score (nSPS) is 23.6. The van der Waals surface area contributed by atoms with Gasteiger partial charge in [0, 0.05) is 6.54 Å². The van der Waals surface area contributed by atoms with Crippen molar-refractivity contribution in [2.75, 3.05) is 19.6 Å². The molecule has 5 nitrogen and oxygen atoms in total. The van der Waals surface area contributed by atoms with Crippen LogP contribution in [0.3, 0.4) is 0 Å². The van der Waals surface area contributed by atoms with E-state index in [1.807, 2.05) is 6.07 Å². The summed E-state index contributed by atoms with van der Waals surface area (Å²) >= 11 is 0. The van der Waals surface area contributed by atoms with Crippen LogP contribution in [0.25, 0.3) is 0 Å². The van der Waals surface area contributed by atoms with Crippen molar-refractivity contribution in [3.63, 3.8) is 0 Å². The summed E-state index contributed by atoms with van der Waals surface area (Å²) < 4.78 is 5.98. The first-order valence-electron chi connectivity index (χ1n) is 9.40. The van der Waals surface area contributed by atoms with Gasteiger partial charge in [-0.05, 0) is 88.7 Å². The van der Waals surface area contributed by atoms with Gasteiger partial charge in [0.1, 0.15) is 5.75 Å². The number of amides is 1. The van der Waals surface area contributed by atoms with E-state index >= 15 is 0 Å². The highest BCUT2D eigenvalue weighted by molar-refractivity contribution is 5.84. The number of fused-ring (bicyclic) bond motifs is 1. The van der Waals surface area contributed by atoms with Crippen LogP contribution in [0.2, 0.25) is 0 Å². The fourth-order valence-electron chi connectivity index (χ4n) is 3.70. The van der Waals surface area contributed by atoms with Crippen molar-refractivity contribution in [1.29, 1.82) is 0 Å². The van der Waals surface area contributed by atoms with Crippen LogP contribution in [0.15, 0.2) is 18.2 Å². The van der Waals surface area contributed by atoms with Crippen LogP contribution in [-0.2, 0) is 17.6 Å². The van der Waals surface area contributed by atoms with Crippen molar-refractivity contribution in [3.05, 3.63) is 29.3 Å². The summed E-state index contributed by atoms with van der Waals surface area (Å²) in [5, 5.41) is 16.8. The molecule has 1 aliphatic carbocycles. The summed E-state index contributed by atoms with van der Waals surface area (Å²) in [5.74, 6) is 0.539. The first-order chi connectivity index (χ1) is 11.9. The summed E-state index contributed by atoms with van der Waals surface area (Å²) in [6.07, 6.45) is 5.68. The van der Waals surface area contributed by atoms with Gasteiger partial charge in [-0.15, -0.1) is 0 Å². The maximum Gasteiger partial charge on any atom is 0.263 e. The number of hydrogen-bond acceptors (Lipinski definition) is 4. The lowest BCUT2D eigenvalue weighted by molar-refractivity contribution is -0.135. The number of carbonyl (C=O) groups excluding carboxylic acids is 1. The van der Waals surface area contributed by atoms with Crippen molar-refractivity contribution < 1.29 is 14.6 Å². The molecule has 1 unspecified atom stereocenters. The van der Waals surface area contributed by atoms with Crippen molar-refractivity contribution in [2.24, 2.45) is 0 Å². The van der Waals surface area contributed by atoms with E-state index < -0.39 is 11.2 Å². The first-order valence-corrected chi connectivity index (χ1v) is 9.40. The number of aryl methyl sites for hydroxylation is 2. The molecule has 1 amide bonds. The van der Waals surface area contributed by atoms with Crippen LogP contribution in [-0.4, -0.2) is 41.9 Å². The smallest absolute Gasteiger partial charge is 0.263 e. The van der Waals surface area contributed by atoms with Crippen LogP contribution in [0.4, 0.5) is 0 Å². The Balaban J connectivity index is 1.58. The van der Waals surface area contributed by atoms with Gasteiger partial charge in [0.15, 0.2) is 5.60 Å². The molecular weight excluding hydrogens is 316 g/mol. The van der Waals surface area contributed by atoms with Gasteiger partial charge in [-0.2, -0.15) is 0 Å². The highest BCUT2D eigenvalue weighted by Gasteiger charge is 2.34. The molecule has 0 bridgehead atoms. The van der Waals surface area contributed by atoms with E-state index in [0.717, 1.165) is 38.1 Å². The monoisotopic (exact) mass is 346 g/mol. The second-order valence-corrected chi connectivity index (χ2v) is 7.91. The molecule has 1 atom stereocenters. The van der Waals surface area contributed by atoms with E-state index in [-0.39, 0.29) is 12.5 Å². The zero-order valence-electron chi connectivity index (χ0n) is 15.4. The molecule has 25 heavy (non-hydrogen) atoms. The molecule has 1 aliphatic heterocycles. The van der Waals surface area contributed by atoms with Gasteiger partial charge < -0.3 is 20.5 Å². The Labute approximate surface area is 150 Å². The predicted molar refractivity (Wildman–Crippen MR) is 97.9 cm³/mol. The molecule has 138 valence electrons. The molecule has 1 aromatic rings. The van der Waals surface area contributed by atoms with Gasteiger partial charge in [0.25, 0.3) is 5.91 Å². The van der Waals surface area contributed by atoms with E-state index in [4.69, 9.17) is 4.74 Å². The van der Waals surface area contributed by atoms with Crippen LogP contribution in [0.1, 0.15) is 50.7 Å². The van der Waals surface area contributed by atoms with Gasteiger partial charge >= 0.3 is 0 Å². The highest BCUT2D eigenvalue weighted by Crippen LogP contribution is 2.28. The zero-order valence-corrected chi connectivity index (χ0v) is 15.4. The summed E-state index contributed by atoms with van der Waals surface area (Å²) in [7, 11) is 0. The van der Waals surface area contributed by atoms with E-state index in [0.29, 0.717) is 12.8 Å². The lowest BCUT2D eigenvalue weighted by Gasteiger charge is -2.30. The third-order valence-electron chi connectivity index (χ3n) is 5.33. The fourth-order valence-corrected chi connectivity index (χ4v) is 3.70. The molecule has 1 heterocycles. The van der Waals surface area contributed by atoms with Crippen LogP contribution in [0, 0.1) is 0 Å². The van der Waals surface area contributed by atoms with Gasteiger partial charge in [0.05, 0.1) is 5.60 Å². The molecule has 2 aliphatic rings. The number of aliphatic hydroxyl groups is 1. The molecule has 0 aromatic heterocycles. The molecule has 5 heteroatoms. The highest BCUT2D eigenvalue weighted by atomic mass is 16.5. The number of nitrogens with one attached hydrogen (secondary N) is 2. The molecule has 0 spiro atoms. The lowest BCUT2D eigenvalue weighted by Crippen LogP contribution is -2.51. The Hall–Kier alpha value is -1.59. The quantitative estimate of drug-likeness (QED) is 0.762. The maximum atomic E-state index is 12.6. The van der Waals surface area contributed by atoms with E-state index in [9.17, 15) is 9.90 Å². The summed E-state index contributed by atoms with van der Waals surface area (Å²) in [6, 6.07) is 6.11. The summed E-state index contributed by atoms with van der Waals surface area (Å²) in [4.78, 5) is 12.6. The molecule has 3 rings (SSSR count). The number of hydrogen-bond donors (Lipinski definition) is 3. The van der Waals surface area contributed by atoms with Crippen molar-refractivity contribution in [2.45, 2.75) is 63.6 Å². The lowest BCUT2D eigenvalue weighted by atomic mass is 9.94. The largest absolute Gasteiger partial charge is 0.478 e. The summed E-state index contributed by atoms with van der Waals surface area (Å²) in [5.41, 5.74) is 0.905. The molecule has 1 aromatic carbocycles. The molecular formula is C20H30N2O3. The minimum Gasteiger partial charge on any atom is -0.478 e. The third kappa shape index (κ3) is 4.53. The van der Waals surface area contributed by atoms with Crippen molar-refractivity contribution >= 4 is 5.91 Å². The van der Waals surface area contributed by atoms with E-state index in [2.05, 4.69) is 22.8 Å². The maximum absolute atomic E-state index is 12.6. The van der Waals surface area contributed by atoms with Crippen molar-refractivity contribution in [3.8, 4) is 5.75 Å². The topological polar surface area (TPSA) is 70.6 Å². The standard InChI is InChI=1S/C20H30N2O3/c1-19(2,25-17-8-7-15-5-3-6-16(15)13-17)18(23)22-14-20(24)9-4-11-21-12-10-20/h7-8,13,21,24H,3-6,9-12,14H2,1-2H3,(H,22,23). The number of ether oxygens (including phenoxy) is 1. The fraction of sp³-hybridized carbons (Fsp3) is 0.650. The predicted octanol–water partition coefficient (Wildman–Crippen LogP) is 1.95. The molecule has 1 saturated heterocycles. The Kier molecular flexibility index (Phi) is 5.35. The van der Waals surface area contributed by atoms with E-state index in [1.54, 1.807) is 13.8 Å². The Morgan fingerprint density at radius 2 is 2.04 bits per heavy atom. The van der Waals surface area contributed by atoms with Crippen molar-refractivity contribution in [1.82, 2.24) is 10.6 Å². The second-order valence-electron chi connectivity index (χ2n) is 7.91. The Morgan fingerprint density at radius 1 is 1.24 bits per heavy atom. The SMILES string of the molecule is CC(C)(Oc1ccc2c(c1)CCC2)C(=O)NCC1(O)CCCNCC1. The van der Waals surface area contributed by atoms with Gasteiger partial charge in [0.2, 0.25) is 0 Å². The van der Waals surface area contributed by atoms with Crippen LogP contribution >= 0.6 is 0 Å². The Bertz CT molecular complexity index is 619. The average molecular weight is 346 g/mol. The summed E-state index contributed by atoms with van der Waals surface area (Å²) in [6.45, 7) is 5.51. The third-order valence-corrected chi connectivity index (χ3v) is 5.33. The number of carbonyl (C=O) groups is 1. The molecule has 0 saturated carbocycles. The van der Waals surface area contributed by atoms with Crippen LogP contribution in [0.5, 0.6) is 5.75 Å². The van der Waals surface area contributed by atoms with E-state index in [1.165, 1.54) is 17.5 Å². The minimum atomic E-state index is -0.980. The van der Waals surface area contributed by atoms with Gasteiger partial charge in [-0.25, -0.2) is 0 Å². The molecule has 3 N–H and O–H groups in total. The van der Waals surface area contributed by atoms with Crippen LogP contribution < -0.4 is 15.4 Å². The zero-order chi connectivity index (χ0) is 17.9. The first kappa shape index (κ1) is 18.2. The molecule has 1 fully saturated rings. The average Bonchev–Trinajstić information content (AvgIpc) is 2.92. The second kappa shape index (κ2) is 7.34. The number of benzene rings is 1.